The smallest absolute Gasteiger partial charge is 0.261 e. The van der Waals surface area contributed by atoms with Crippen LogP contribution in [0.5, 0.6) is 0 Å². The lowest BCUT2D eigenvalue weighted by Gasteiger charge is -2.32. The van der Waals surface area contributed by atoms with Crippen LogP contribution >= 0.6 is 34.7 Å². The molecule has 2 aliphatic rings. The quantitative estimate of drug-likeness (QED) is 0.533. The van der Waals surface area contributed by atoms with Crippen LogP contribution in [0.1, 0.15) is 34.6 Å². The molecule has 0 unspecified atom stereocenters. The van der Waals surface area contributed by atoms with E-state index in [1.165, 1.54) is 11.3 Å². The summed E-state index contributed by atoms with van der Waals surface area (Å²) in [7, 11) is 0. The summed E-state index contributed by atoms with van der Waals surface area (Å²) in [5.74, 6) is 2.12. The molecule has 34 heavy (non-hydrogen) atoms. The van der Waals surface area contributed by atoms with Crippen LogP contribution in [0.25, 0.3) is 5.69 Å². The summed E-state index contributed by atoms with van der Waals surface area (Å²) in [5.41, 5.74) is 3.55. The summed E-state index contributed by atoms with van der Waals surface area (Å²) in [6.45, 7) is 2.91. The van der Waals surface area contributed by atoms with E-state index >= 15 is 0 Å². The molecule has 5 rings (SSSR count). The molecule has 4 heterocycles. The number of anilines is 2. The van der Waals surface area contributed by atoms with Crippen LogP contribution in [0.3, 0.4) is 0 Å². The van der Waals surface area contributed by atoms with Gasteiger partial charge in [-0.05, 0) is 43.2 Å². The second kappa shape index (κ2) is 10.4. The van der Waals surface area contributed by atoms with E-state index in [1.54, 1.807) is 16.8 Å². The van der Waals surface area contributed by atoms with Crippen LogP contribution in [0.15, 0.2) is 36.5 Å². The Morgan fingerprint density at radius 1 is 1.09 bits per heavy atom. The summed E-state index contributed by atoms with van der Waals surface area (Å²) in [4.78, 5) is 29.7. The van der Waals surface area contributed by atoms with E-state index in [0.29, 0.717) is 21.3 Å². The number of nitrogens with zero attached hydrogens (tertiary/aromatic N) is 5. The van der Waals surface area contributed by atoms with Crippen molar-refractivity contribution in [3.63, 3.8) is 0 Å². The van der Waals surface area contributed by atoms with Gasteiger partial charge < -0.3 is 15.1 Å². The third kappa shape index (κ3) is 5.08. The van der Waals surface area contributed by atoms with Gasteiger partial charge in [-0.2, -0.15) is 11.8 Å². The average molecular weight is 517 g/mol. The molecule has 2 aromatic heterocycles. The van der Waals surface area contributed by atoms with Crippen molar-refractivity contribution < 1.29 is 9.59 Å². The summed E-state index contributed by atoms with van der Waals surface area (Å²) in [6, 6.07) is 9.53. The number of hydrogen-bond acceptors (Lipinski definition) is 7. The van der Waals surface area contributed by atoms with Gasteiger partial charge in [-0.25, -0.2) is 4.68 Å². The Morgan fingerprint density at radius 2 is 1.94 bits per heavy atom. The number of carbonyl (C=O) groups excluding carboxylic acids is 2. The number of thiophene rings is 1. The van der Waals surface area contributed by atoms with Gasteiger partial charge >= 0.3 is 0 Å². The summed E-state index contributed by atoms with van der Waals surface area (Å²) in [6.07, 6.45) is 4.43. The van der Waals surface area contributed by atoms with Crippen molar-refractivity contribution in [1.82, 2.24) is 20.3 Å². The van der Waals surface area contributed by atoms with Crippen LogP contribution in [-0.2, 0) is 11.3 Å². The summed E-state index contributed by atoms with van der Waals surface area (Å²) >= 11 is 9.12. The van der Waals surface area contributed by atoms with Crippen LogP contribution < -0.4 is 15.1 Å². The number of halogens is 1. The maximum Gasteiger partial charge on any atom is 0.261 e. The molecule has 2 fully saturated rings. The Balaban J connectivity index is 1.38. The van der Waals surface area contributed by atoms with E-state index in [4.69, 9.17) is 11.6 Å². The highest BCUT2D eigenvalue weighted by Crippen LogP contribution is 2.32. The maximum absolute atomic E-state index is 12.5. The molecule has 178 valence electrons. The molecule has 0 aliphatic carbocycles. The fourth-order valence-corrected chi connectivity index (χ4v) is 6.06. The van der Waals surface area contributed by atoms with E-state index < -0.39 is 0 Å². The molecule has 0 bridgehead atoms. The Morgan fingerprint density at radius 3 is 2.71 bits per heavy atom. The standard InChI is InChI=1S/C23H25ClN6O2S2/c24-21-7-6-20(34-21)23(32)25-14-16-15-30(27-26-16)18-5-4-17(29-8-2-1-3-22(29)31)13-19(18)28-9-11-33-12-10-28/h4-7,13,15H,1-3,8-12,14H2,(H,25,32). The van der Waals surface area contributed by atoms with Gasteiger partial charge in [0.05, 0.1) is 33.3 Å². The molecule has 0 saturated carbocycles. The number of piperidine rings is 1. The number of nitrogens with one attached hydrogen (secondary N) is 1. The first-order valence-electron chi connectivity index (χ1n) is 11.3. The van der Waals surface area contributed by atoms with Gasteiger partial charge in [-0.1, -0.05) is 16.8 Å². The molecule has 0 spiro atoms. The van der Waals surface area contributed by atoms with Gasteiger partial charge in [0.15, 0.2) is 0 Å². The number of thioether (sulfide) groups is 1. The van der Waals surface area contributed by atoms with Crippen molar-refractivity contribution in [2.45, 2.75) is 25.8 Å². The Kier molecular flexibility index (Phi) is 7.07. The minimum absolute atomic E-state index is 0.185. The molecule has 8 nitrogen and oxygen atoms in total. The van der Waals surface area contributed by atoms with Gasteiger partial charge in [-0.3, -0.25) is 9.59 Å². The summed E-state index contributed by atoms with van der Waals surface area (Å²) < 4.78 is 2.33. The molecule has 2 amide bonds. The van der Waals surface area contributed by atoms with Gasteiger partial charge in [0.1, 0.15) is 5.69 Å². The van der Waals surface area contributed by atoms with E-state index in [0.717, 1.165) is 61.0 Å². The van der Waals surface area contributed by atoms with Crippen LogP contribution in [0, 0.1) is 0 Å². The fraction of sp³-hybridized carbons (Fsp3) is 0.391. The lowest BCUT2D eigenvalue weighted by Crippen LogP contribution is -2.36. The summed E-state index contributed by atoms with van der Waals surface area (Å²) in [5, 5.41) is 11.5. The second-order valence-electron chi connectivity index (χ2n) is 8.22. The van der Waals surface area contributed by atoms with E-state index in [1.807, 2.05) is 35.0 Å². The van der Waals surface area contributed by atoms with Crippen LogP contribution in [0.4, 0.5) is 11.4 Å². The van der Waals surface area contributed by atoms with Crippen molar-refractivity contribution >= 4 is 57.9 Å². The molecule has 11 heteroatoms. The lowest BCUT2D eigenvalue weighted by molar-refractivity contribution is -0.119. The lowest BCUT2D eigenvalue weighted by atomic mass is 10.1. The largest absolute Gasteiger partial charge is 0.368 e. The molecule has 0 radical (unpaired) electrons. The van der Waals surface area contributed by atoms with Crippen molar-refractivity contribution in [2.24, 2.45) is 0 Å². The van der Waals surface area contributed by atoms with Crippen molar-refractivity contribution in [3.8, 4) is 5.69 Å². The first-order chi connectivity index (χ1) is 16.6. The highest BCUT2D eigenvalue weighted by Gasteiger charge is 2.23. The number of aromatic nitrogens is 3. The molecular weight excluding hydrogens is 492 g/mol. The predicted octanol–water partition coefficient (Wildman–Crippen LogP) is 3.98. The molecule has 2 aliphatic heterocycles. The van der Waals surface area contributed by atoms with Crippen LogP contribution in [0.2, 0.25) is 4.34 Å². The number of benzene rings is 1. The molecule has 2 saturated heterocycles. The van der Waals surface area contributed by atoms with Crippen molar-refractivity contribution in [2.75, 3.05) is 40.9 Å². The zero-order valence-corrected chi connectivity index (χ0v) is 21.0. The highest BCUT2D eigenvalue weighted by atomic mass is 35.5. The predicted molar refractivity (Wildman–Crippen MR) is 138 cm³/mol. The number of carbonyl (C=O) groups is 2. The minimum Gasteiger partial charge on any atom is -0.368 e. The molecule has 3 aromatic rings. The third-order valence-corrected chi connectivity index (χ3v) is 8.13. The Bertz CT molecular complexity index is 1190. The molecule has 1 aromatic carbocycles. The van der Waals surface area contributed by atoms with Crippen molar-refractivity contribution in [1.29, 1.82) is 0 Å². The van der Waals surface area contributed by atoms with Crippen molar-refractivity contribution in [3.05, 3.63) is 51.4 Å². The van der Waals surface area contributed by atoms with Gasteiger partial charge in [0.25, 0.3) is 5.91 Å². The maximum atomic E-state index is 12.5. The first kappa shape index (κ1) is 23.2. The Hall–Kier alpha value is -2.56. The fourth-order valence-electron chi connectivity index (χ4n) is 4.20. The SMILES string of the molecule is O=C(NCc1cn(-c2ccc(N3CCCCC3=O)cc2N2CCSCC2)nn1)c1ccc(Cl)s1. The molecule has 0 atom stereocenters. The number of rotatable bonds is 6. The first-order valence-corrected chi connectivity index (χ1v) is 13.7. The number of amides is 2. The monoisotopic (exact) mass is 516 g/mol. The zero-order chi connectivity index (χ0) is 23.5. The van der Waals surface area contributed by atoms with Gasteiger partial charge in [0, 0.05) is 43.2 Å². The third-order valence-electron chi connectivity index (χ3n) is 5.96. The van der Waals surface area contributed by atoms with E-state index in [-0.39, 0.29) is 18.4 Å². The van der Waals surface area contributed by atoms with E-state index in [2.05, 4.69) is 26.6 Å². The Labute approximate surface area is 211 Å². The topological polar surface area (TPSA) is 83.4 Å². The zero-order valence-electron chi connectivity index (χ0n) is 18.6. The van der Waals surface area contributed by atoms with Crippen LogP contribution in [-0.4, -0.2) is 57.9 Å². The second-order valence-corrected chi connectivity index (χ2v) is 11.2. The molecular formula is C23H25ClN6O2S2. The minimum atomic E-state index is -0.187. The van der Waals surface area contributed by atoms with Gasteiger partial charge in [0.2, 0.25) is 5.91 Å². The average Bonchev–Trinajstić information content (AvgIpc) is 3.52. The highest BCUT2D eigenvalue weighted by molar-refractivity contribution is 7.99. The number of hydrogen-bond donors (Lipinski definition) is 1. The van der Waals surface area contributed by atoms with E-state index in [9.17, 15) is 9.59 Å². The van der Waals surface area contributed by atoms with Gasteiger partial charge in [-0.15, -0.1) is 16.4 Å². The molecule has 1 N–H and O–H groups in total. The normalized spacial score (nSPS) is 16.7.